The van der Waals surface area contributed by atoms with Gasteiger partial charge in [-0.05, 0) is 11.5 Å². The molecular formula is C5H10O5P+. The molecule has 0 aliphatic heterocycles. The Kier molecular flexibility index (Phi) is 4.18. The molecule has 0 fully saturated rings. The van der Waals surface area contributed by atoms with E-state index in [-0.39, 0.29) is 0 Å². The van der Waals surface area contributed by atoms with Gasteiger partial charge in [-0.1, -0.05) is 0 Å². The van der Waals surface area contributed by atoms with E-state index in [1.54, 1.807) is 0 Å². The van der Waals surface area contributed by atoms with Crippen molar-refractivity contribution < 1.29 is 24.1 Å². The number of aliphatic carboxylic acids is 1. The summed E-state index contributed by atoms with van der Waals surface area (Å²) in [5.74, 6) is -1.32. The van der Waals surface area contributed by atoms with Crippen molar-refractivity contribution in [2.45, 2.75) is 18.7 Å². The second kappa shape index (κ2) is 4.38. The van der Waals surface area contributed by atoms with Gasteiger partial charge in [0, 0.05) is 0 Å². The third-order valence-corrected chi connectivity index (χ3v) is 2.58. The van der Waals surface area contributed by atoms with Gasteiger partial charge < -0.3 is 10.2 Å². The van der Waals surface area contributed by atoms with Crippen LogP contribution in [0, 0.1) is 0 Å². The van der Waals surface area contributed by atoms with Gasteiger partial charge in [-0.15, -0.1) is 4.52 Å². The minimum absolute atomic E-state index is 1.14. The fourth-order valence-electron chi connectivity index (χ4n) is 0.586. The predicted molar refractivity (Wildman–Crippen MR) is 37.7 cm³/mol. The first-order chi connectivity index (χ1) is 5.00. The third kappa shape index (κ3) is 2.93. The molecule has 0 saturated heterocycles. The predicted octanol–water partition coefficient (Wildman–Crippen LogP) is 0.209. The molecule has 0 spiro atoms. The Morgan fingerprint density at radius 1 is 1.64 bits per heavy atom. The standard InChI is InChI=1S/C5H9O5P/c1-3(6)4(5(7)8)11(9)10-2/h3-4,6H,1-2H3/p+1/t3?,4-/m0/s1. The average Bonchev–Trinajstić information content (AvgIpc) is 1.85. The van der Waals surface area contributed by atoms with Crippen molar-refractivity contribution in [2.75, 3.05) is 7.11 Å². The van der Waals surface area contributed by atoms with E-state index in [0.29, 0.717) is 0 Å². The molecule has 2 N–H and O–H groups in total. The number of aliphatic hydroxyl groups excluding tert-OH is 1. The van der Waals surface area contributed by atoms with Crippen LogP contribution in [-0.2, 0) is 13.9 Å². The maximum absolute atomic E-state index is 10.8. The van der Waals surface area contributed by atoms with Gasteiger partial charge in [0.2, 0.25) is 0 Å². The summed E-state index contributed by atoms with van der Waals surface area (Å²) in [6.45, 7) is 1.25. The zero-order chi connectivity index (χ0) is 9.02. The Hall–Kier alpha value is -0.510. The minimum atomic E-state index is -2.32. The zero-order valence-electron chi connectivity index (χ0n) is 6.22. The summed E-state index contributed by atoms with van der Waals surface area (Å²) in [5.41, 5.74) is -1.34. The van der Waals surface area contributed by atoms with E-state index in [1.165, 1.54) is 6.92 Å². The van der Waals surface area contributed by atoms with E-state index in [1.807, 2.05) is 0 Å². The van der Waals surface area contributed by atoms with Crippen molar-refractivity contribution in [2.24, 2.45) is 0 Å². The highest BCUT2D eigenvalue weighted by molar-refractivity contribution is 7.41. The number of carbonyl (C=O) groups is 1. The molecule has 0 heterocycles. The maximum Gasteiger partial charge on any atom is 0.525 e. The number of aliphatic hydroxyl groups is 1. The minimum Gasteiger partial charge on any atom is -0.478 e. The topological polar surface area (TPSA) is 83.8 Å². The molecule has 0 amide bonds. The molecule has 0 bridgehead atoms. The molecule has 0 saturated carbocycles. The van der Waals surface area contributed by atoms with Crippen LogP contribution in [0.15, 0.2) is 0 Å². The maximum atomic E-state index is 10.8. The van der Waals surface area contributed by atoms with Crippen LogP contribution in [-0.4, -0.2) is 35.1 Å². The lowest BCUT2D eigenvalue weighted by atomic mass is 10.3. The fourth-order valence-corrected chi connectivity index (χ4v) is 1.35. The van der Waals surface area contributed by atoms with E-state index >= 15 is 0 Å². The van der Waals surface area contributed by atoms with Crippen LogP contribution < -0.4 is 0 Å². The number of carboxylic acid groups (broad SMARTS) is 1. The summed E-state index contributed by atoms with van der Waals surface area (Å²) in [7, 11) is -1.18. The first-order valence-corrected chi connectivity index (χ1v) is 4.16. The van der Waals surface area contributed by atoms with Crippen LogP contribution in [0.1, 0.15) is 6.92 Å². The van der Waals surface area contributed by atoms with Gasteiger partial charge in [0.1, 0.15) is 6.10 Å². The molecule has 0 rings (SSSR count). The first-order valence-electron chi connectivity index (χ1n) is 2.92. The van der Waals surface area contributed by atoms with Crippen molar-refractivity contribution in [1.82, 2.24) is 0 Å². The molecule has 0 aromatic carbocycles. The average molecular weight is 181 g/mol. The van der Waals surface area contributed by atoms with Crippen molar-refractivity contribution in [3.8, 4) is 0 Å². The lowest BCUT2D eigenvalue weighted by molar-refractivity contribution is -0.138. The SMILES string of the molecule is CO[P+](=O)[C@H](C(=O)O)C(C)O. The van der Waals surface area contributed by atoms with Gasteiger partial charge in [-0.25, -0.2) is 4.79 Å². The third-order valence-electron chi connectivity index (χ3n) is 1.12. The van der Waals surface area contributed by atoms with Crippen LogP contribution in [0.25, 0.3) is 0 Å². The van der Waals surface area contributed by atoms with Crippen LogP contribution in [0.5, 0.6) is 0 Å². The molecule has 5 nitrogen and oxygen atoms in total. The van der Waals surface area contributed by atoms with Gasteiger partial charge in [0.25, 0.3) is 0 Å². The van der Waals surface area contributed by atoms with E-state index < -0.39 is 25.8 Å². The van der Waals surface area contributed by atoms with Crippen molar-refractivity contribution in [3.05, 3.63) is 0 Å². The van der Waals surface area contributed by atoms with E-state index in [2.05, 4.69) is 4.52 Å². The van der Waals surface area contributed by atoms with E-state index in [9.17, 15) is 9.36 Å². The summed E-state index contributed by atoms with van der Waals surface area (Å²) < 4.78 is 15.1. The molecule has 0 radical (unpaired) electrons. The Morgan fingerprint density at radius 2 is 2.09 bits per heavy atom. The van der Waals surface area contributed by atoms with Crippen LogP contribution in [0.2, 0.25) is 0 Å². The van der Waals surface area contributed by atoms with E-state index in [0.717, 1.165) is 7.11 Å². The lowest BCUT2D eigenvalue weighted by Gasteiger charge is -2.01. The molecule has 11 heavy (non-hydrogen) atoms. The molecule has 6 heteroatoms. The molecular weight excluding hydrogens is 171 g/mol. The summed E-state index contributed by atoms with van der Waals surface area (Å²) in [5, 5.41) is 17.3. The first kappa shape index (κ1) is 10.5. The molecule has 3 atom stereocenters. The van der Waals surface area contributed by atoms with Crippen molar-refractivity contribution in [3.63, 3.8) is 0 Å². The van der Waals surface area contributed by atoms with Gasteiger partial charge >= 0.3 is 19.7 Å². The second-order valence-corrected chi connectivity index (χ2v) is 3.48. The largest absolute Gasteiger partial charge is 0.525 e. The van der Waals surface area contributed by atoms with E-state index in [4.69, 9.17) is 10.2 Å². The second-order valence-electron chi connectivity index (χ2n) is 1.99. The van der Waals surface area contributed by atoms with Crippen molar-refractivity contribution >= 4 is 14.0 Å². The smallest absolute Gasteiger partial charge is 0.478 e. The number of rotatable bonds is 4. The summed E-state index contributed by atoms with van der Waals surface area (Å²) >= 11 is 0. The molecule has 0 aromatic rings. The molecule has 0 aliphatic rings. The van der Waals surface area contributed by atoms with Gasteiger partial charge in [0.15, 0.2) is 0 Å². The number of hydrogen-bond donors (Lipinski definition) is 2. The number of hydrogen-bond acceptors (Lipinski definition) is 4. The summed E-state index contributed by atoms with van der Waals surface area (Å²) in [6.07, 6.45) is -1.17. The Morgan fingerprint density at radius 3 is 2.18 bits per heavy atom. The van der Waals surface area contributed by atoms with Crippen LogP contribution >= 0.6 is 8.03 Å². The van der Waals surface area contributed by atoms with Crippen molar-refractivity contribution in [1.29, 1.82) is 0 Å². The lowest BCUT2D eigenvalue weighted by Crippen LogP contribution is -2.28. The normalized spacial score (nSPS) is 17.2. The fraction of sp³-hybridized carbons (Fsp3) is 0.800. The quantitative estimate of drug-likeness (QED) is 0.605. The van der Waals surface area contributed by atoms with Crippen LogP contribution in [0.3, 0.4) is 0 Å². The van der Waals surface area contributed by atoms with Gasteiger partial charge in [-0.2, -0.15) is 0 Å². The summed E-state index contributed by atoms with van der Waals surface area (Å²) in [6, 6.07) is 0. The van der Waals surface area contributed by atoms with Crippen LogP contribution in [0.4, 0.5) is 0 Å². The molecule has 2 unspecified atom stereocenters. The highest BCUT2D eigenvalue weighted by Crippen LogP contribution is 2.30. The highest BCUT2D eigenvalue weighted by Gasteiger charge is 2.43. The zero-order valence-corrected chi connectivity index (χ0v) is 7.12. The molecule has 0 aliphatic carbocycles. The highest BCUT2D eigenvalue weighted by atomic mass is 31.1. The summed E-state index contributed by atoms with van der Waals surface area (Å²) in [4.78, 5) is 10.3. The monoisotopic (exact) mass is 181 g/mol. The molecule has 64 valence electrons. The Bertz CT molecular complexity index is 166. The molecule has 0 aromatic heterocycles. The van der Waals surface area contributed by atoms with Gasteiger partial charge in [-0.3, -0.25) is 0 Å². The Balaban J connectivity index is 4.34. The van der Waals surface area contributed by atoms with Gasteiger partial charge in [0.05, 0.1) is 7.11 Å². The Labute approximate surface area is 64.9 Å². The number of carboxylic acids is 1.